The first-order valence-electron chi connectivity index (χ1n) is 15.9. The van der Waals surface area contributed by atoms with Crippen molar-refractivity contribution in [2.24, 2.45) is 0 Å². The van der Waals surface area contributed by atoms with Crippen LogP contribution in [0.1, 0.15) is 52.7 Å². The van der Waals surface area contributed by atoms with Crippen molar-refractivity contribution in [3.63, 3.8) is 0 Å². The highest BCUT2D eigenvalue weighted by Crippen LogP contribution is 2.45. The van der Waals surface area contributed by atoms with E-state index < -0.39 is 0 Å². The van der Waals surface area contributed by atoms with E-state index in [0.717, 1.165) is 59.9 Å². The summed E-state index contributed by atoms with van der Waals surface area (Å²) in [4.78, 5) is 17.4. The van der Waals surface area contributed by atoms with E-state index in [-0.39, 0.29) is 16.6 Å². The van der Waals surface area contributed by atoms with E-state index in [1.54, 1.807) is 11.3 Å². The molecule has 0 radical (unpaired) electrons. The Morgan fingerprint density at radius 1 is 0.681 bits per heavy atom. The van der Waals surface area contributed by atoms with Crippen LogP contribution in [0.2, 0.25) is 0 Å². The van der Waals surface area contributed by atoms with Crippen molar-refractivity contribution >= 4 is 48.8 Å². The second kappa shape index (κ2) is 11.6. The van der Waals surface area contributed by atoms with Gasteiger partial charge in [0.25, 0.3) is 0 Å². The maximum atomic E-state index is 11.8. The second-order valence-electron chi connectivity index (χ2n) is 14.0. The minimum Gasteiger partial charge on any atom is -0.507 e. The Balaban J connectivity index is 1.50. The van der Waals surface area contributed by atoms with Crippen LogP contribution < -0.4 is 4.90 Å². The molecular formula is C41H38N4OS. The highest BCUT2D eigenvalue weighted by Gasteiger charge is 2.27. The first kappa shape index (κ1) is 30.6. The molecule has 0 saturated heterocycles. The summed E-state index contributed by atoms with van der Waals surface area (Å²) in [6.07, 6.45) is 1.82. The molecule has 3 aromatic heterocycles. The lowest BCUT2D eigenvalue weighted by atomic mass is 9.79. The van der Waals surface area contributed by atoms with E-state index in [4.69, 9.17) is 15.0 Å². The third-order valence-corrected chi connectivity index (χ3v) is 9.68. The summed E-state index contributed by atoms with van der Waals surface area (Å²) in [5.74, 6) is 1.57. The molecule has 0 aliphatic rings. The van der Waals surface area contributed by atoms with Crippen LogP contribution in [-0.2, 0) is 10.8 Å². The van der Waals surface area contributed by atoms with E-state index in [9.17, 15) is 5.11 Å². The van der Waals surface area contributed by atoms with Crippen molar-refractivity contribution < 1.29 is 5.11 Å². The number of phenolic OH excluding ortho intramolecular Hbond substituents is 1. The highest BCUT2D eigenvalue weighted by atomic mass is 32.1. The van der Waals surface area contributed by atoms with Gasteiger partial charge in [-0.15, -0.1) is 11.3 Å². The van der Waals surface area contributed by atoms with Crippen LogP contribution in [0.15, 0.2) is 115 Å². The SMILES string of the molecule is CC(C)(C)c1cc(-c2nc(-c3cccc(N(c4ccccc4)c4ccccn4)c3)c3sc4ccccc4c3n2)c(O)c(C(C)(C)C)c1. The number of anilines is 3. The van der Waals surface area contributed by atoms with Crippen molar-refractivity contribution in [3.05, 3.63) is 127 Å². The highest BCUT2D eigenvalue weighted by molar-refractivity contribution is 7.26. The summed E-state index contributed by atoms with van der Waals surface area (Å²) in [5, 5.41) is 12.9. The lowest BCUT2D eigenvalue weighted by Crippen LogP contribution is -2.17. The van der Waals surface area contributed by atoms with Gasteiger partial charge in [-0.2, -0.15) is 0 Å². The van der Waals surface area contributed by atoms with Crippen molar-refractivity contribution in [3.8, 4) is 28.4 Å². The Morgan fingerprint density at radius 2 is 1.40 bits per heavy atom. The molecule has 7 rings (SSSR count). The number of hydrogen-bond acceptors (Lipinski definition) is 6. The number of nitrogens with zero attached hydrogens (tertiary/aromatic N) is 4. The van der Waals surface area contributed by atoms with Crippen LogP contribution >= 0.6 is 11.3 Å². The predicted molar refractivity (Wildman–Crippen MR) is 197 cm³/mol. The van der Waals surface area contributed by atoms with Crippen LogP contribution in [-0.4, -0.2) is 20.1 Å². The molecule has 0 amide bonds. The topological polar surface area (TPSA) is 62.1 Å². The van der Waals surface area contributed by atoms with Crippen molar-refractivity contribution in [1.29, 1.82) is 0 Å². The molecule has 5 nitrogen and oxygen atoms in total. The molecule has 3 heterocycles. The standard InChI is InChI=1S/C41H38N4OS/c1-40(2,3)27-24-31(37(46)32(25-27)41(4,5)6)39-43-35(38-36(44-39)30-19-10-11-20-33(30)47-38)26-15-14-18-29(23-26)45(28-16-8-7-9-17-28)34-21-12-13-22-42-34/h7-25,46H,1-6H3. The zero-order valence-electron chi connectivity index (χ0n) is 27.6. The normalized spacial score (nSPS) is 12.1. The van der Waals surface area contributed by atoms with Crippen LogP contribution in [0.3, 0.4) is 0 Å². The Hall–Kier alpha value is -5.07. The fourth-order valence-corrected chi connectivity index (χ4v) is 7.14. The molecule has 47 heavy (non-hydrogen) atoms. The molecule has 0 bridgehead atoms. The number of benzene rings is 4. The molecule has 4 aromatic carbocycles. The van der Waals surface area contributed by atoms with Gasteiger partial charge in [0.05, 0.1) is 21.5 Å². The fraction of sp³-hybridized carbons (Fsp3) is 0.195. The first-order valence-corrected chi connectivity index (χ1v) is 16.7. The minimum absolute atomic E-state index is 0.134. The Kier molecular flexibility index (Phi) is 7.56. The number of thiophene rings is 1. The molecule has 6 heteroatoms. The van der Waals surface area contributed by atoms with Gasteiger partial charge in [0.15, 0.2) is 5.82 Å². The summed E-state index contributed by atoms with van der Waals surface area (Å²) in [6.45, 7) is 13.0. The zero-order chi connectivity index (χ0) is 32.9. The zero-order valence-corrected chi connectivity index (χ0v) is 28.4. The van der Waals surface area contributed by atoms with E-state index in [1.807, 2.05) is 42.6 Å². The lowest BCUT2D eigenvalue weighted by molar-refractivity contribution is 0.446. The predicted octanol–water partition coefficient (Wildman–Crippen LogP) is 11.3. The average molecular weight is 635 g/mol. The molecule has 0 spiro atoms. The quantitative estimate of drug-likeness (QED) is 0.204. The molecule has 7 aromatic rings. The summed E-state index contributed by atoms with van der Waals surface area (Å²) < 4.78 is 2.16. The third-order valence-electron chi connectivity index (χ3n) is 8.52. The van der Waals surface area contributed by atoms with Crippen LogP contribution in [0, 0.1) is 0 Å². The first-order chi connectivity index (χ1) is 22.5. The van der Waals surface area contributed by atoms with Gasteiger partial charge >= 0.3 is 0 Å². The molecule has 234 valence electrons. The summed E-state index contributed by atoms with van der Waals surface area (Å²) in [6, 6.07) is 37.2. The van der Waals surface area contributed by atoms with E-state index in [0.29, 0.717) is 11.4 Å². The van der Waals surface area contributed by atoms with Gasteiger partial charge in [-0.3, -0.25) is 4.90 Å². The average Bonchev–Trinajstić information content (AvgIpc) is 3.43. The second-order valence-corrected chi connectivity index (χ2v) is 15.1. The number of pyridine rings is 1. The third kappa shape index (κ3) is 5.74. The Labute approximate surface area is 280 Å². The molecule has 0 saturated carbocycles. The number of aromatic hydroxyl groups is 1. The smallest absolute Gasteiger partial charge is 0.164 e. The van der Waals surface area contributed by atoms with Crippen molar-refractivity contribution in [2.45, 2.75) is 52.4 Å². The van der Waals surface area contributed by atoms with Gasteiger partial charge in [-0.25, -0.2) is 15.0 Å². The molecule has 0 aliphatic heterocycles. The Morgan fingerprint density at radius 3 is 2.13 bits per heavy atom. The minimum atomic E-state index is -0.275. The number of phenols is 1. The van der Waals surface area contributed by atoms with Gasteiger partial charge in [-0.1, -0.05) is 102 Å². The van der Waals surface area contributed by atoms with Gasteiger partial charge < -0.3 is 5.11 Å². The fourth-order valence-electron chi connectivity index (χ4n) is 5.99. The maximum Gasteiger partial charge on any atom is 0.164 e. The van der Waals surface area contributed by atoms with E-state index in [2.05, 4.69) is 119 Å². The largest absolute Gasteiger partial charge is 0.507 e. The molecule has 1 N–H and O–H groups in total. The van der Waals surface area contributed by atoms with Crippen molar-refractivity contribution in [2.75, 3.05) is 4.90 Å². The molecule has 0 unspecified atom stereocenters. The van der Waals surface area contributed by atoms with E-state index >= 15 is 0 Å². The molecule has 0 aliphatic carbocycles. The van der Waals surface area contributed by atoms with Gasteiger partial charge in [-0.05, 0) is 64.9 Å². The van der Waals surface area contributed by atoms with Crippen LogP contribution in [0.25, 0.3) is 42.9 Å². The summed E-state index contributed by atoms with van der Waals surface area (Å²) in [5.41, 5.74) is 6.92. The molecule has 0 atom stereocenters. The van der Waals surface area contributed by atoms with Gasteiger partial charge in [0.2, 0.25) is 0 Å². The lowest BCUT2D eigenvalue weighted by Gasteiger charge is -2.27. The van der Waals surface area contributed by atoms with Gasteiger partial charge in [0, 0.05) is 38.8 Å². The van der Waals surface area contributed by atoms with Crippen molar-refractivity contribution in [1.82, 2.24) is 15.0 Å². The van der Waals surface area contributed by atoms with Crippen LogP contribution in [0.5, 0.6) is 5.75 Å². The number of para-hydroxylation sites is 1. The van der Waals surface area contributed by atoms with Gasteiger partial charge in [0.1, 0.15) is 11.6 Å². The monoisotopic (exact) mass is 634 g/mol. The maximum absolute atomic E-state index is 11.8. The molecular weight excluding hydrogens is 597 g/mol. The molecule has 0 fully saturated rings. The number of fused-ring (bicyclic) bond motifs is 3. The number of hydrogen-bond donors (Lipinski definition) is 1. The van der Waals surface area contributed by atoms with Crippen LogP contribution in [0.4, 0.5) is 17.2 Å². The van der Waals surface area contributed by atoms with E-state index in [1.165, 1.54) is 0 Å². The Bertz CT molecular complexity index is 2190. The summed E-state index contributed by atoms with van der Waals surface area (Å²) >= 11 is 1.70. The number of rotatable bonds is 5. The number of aromatic nitrogens is 3. The summed E-state index contributed by atoms with van der Waals surface area (Å²) in [7, 11) is 0.